The van der Waals surface area contributed by atoms with Crippen molar-refractivity contribution in [2.75, 3.05) is 0 Å². The summed E-state index contributed by atoms with van der Waals surface area (Å²) in [7, 11) is 1.77. The average molecular weight is 257 g/mol. The van der Waals surface area contributed by atoms with Crippen LogP contribution in [0.3, 0.4) is 0 Å². The molecule has 0 aliphatic heterocycles. The summed E-state index contributed by atoms with van der Waals surface area (Å²) in [6.45, 7) is 1.59. The van der Waals surface area contributed by atoms with Crippen molar-refractivity contribution >= 4 is 29.3 Å². The number of nitrogens with zero attached hydrogens (tertiary/aromatic N) is 1. The number of pyridine rings is 1. The molecule has 4 heteroatoms. The molecule has 0 aliphatic carbocycles. The molecule has 0 N–H and O–H groups in total. The average Bonchev–Trinajstić information content (AvgIpc) is 2.03. The van der Waals surface area contributed by atoms with Crippen LogP contribution >= 0.6 is 10.0 Å². The standard InChI is InChI=1S/C9H12AsNOS/c1-7(12)8-5-4-6-11-9(8)13-10(2)3/h4-6H,1-3H3. The van der Waals surface area contributed by atoms with Crippen LogP contribution in [0.5, 0.6) is 0 Å². The number of hydrogen-bond acceptors (Lipinski definition) is 3. The first-order valence-electron chi connectivity index (χ1n) is 3.92. The monoisotopic (exact) mass is 257 g/mol. The Morgan fingerprint density at radius 3 is 2.77 bits per heavy atom. The summed E-state index contributed by atoms with van der Waals surface area (Å²) >= 11 is -0.825. The molecule has 0 aliphatic rings. The predicted molar refractivity (Wildman–Crippen MR) is 57.6 cm³/mol. The van der Waals surface area contributed by atoms with Crippen LogP contribution in [0, 0.1) is 0 Å². The summed E-state index contributed by atoms with van der Waals surface area (Å²) in [4.78, 5) is 15.4. The van der Waals surface area contributed by atoms with Gasteiger partial charge in [0.15, 0.2) is 0 Å². The van der Waals surface area contributed by atoms with E-state index < -0.39 is 13.5 Å². The second-order valence-electron chi connectivity index (χ2n) is 2.82. The van der Waals surface area contributed by atoms with Gasteiger partial charge in [-0.05, 0) is 0 Å². The van der Waals surface area contributed by atoms with Gasteiger partial charge in [-0.1, -0.05) is 0 Å². The SMILES string of the molecule is CC(=O)c1cccnc1S[As](C)C. The minimum absolute atomic E-state index is 0.103. The van der Waals surface area contributed by atoms with Crippen LogP contribution in [0.1, 0.15) is 17.3 Å². The first-order valence-corrected chi connectivity index (χ1v) is 10.7. The van der Waals surface area contributed by atoms with Crippen LogP contribution in [0.4, 0.5) is 0 Å². The maximum atomic E-state index is 11.2. The van der Waals surface area contributed by atoms with E-state index in [2.05, 4.69) is 16.4 Å². The molecule has 13 heavy (non-hydrogen) atoms. The van der Waals surface area contributed by atoms with Crippen LogP contribution < -0.4 is 0 Å². The van der Waals surface area contributed by atoms with Crippen LogP contribution in [0.25, 0.3) is 0 Å². The Morgan fingerprint density at radius 2 is 2.23 bits per heavy atom. The Morgan fingerprint density at radius 1 is 1.54 bits per heavy atom. The number of hydrogen-bond donors (Lipinski definition) is 0. The molecule has 0 spiro atoms. The van der Waals surface area contributed by atoms with E-state index in [1.807, 2.05) is 12.1 Å². The Hall–Kier alpha value is -0.272. The third-order valence-electron chi connectivity index (χ3n) is 1.42. The van der Waals surface area contributed by atoms with E-state index in [1.165, 1.54) is 0 Å². The number of ketones is 1. The molecule has 0 bridgehead atoms. The third-order valence-corrected chi connectivity index (χ3v) is 5.67. The third kappa shape index (κ3) is 3.16. The number of carbonyl (C=O) groups excluding carboxylic acids is 1. The van der Waals surface area contributed by atoms with Crippen molar-refractivity contribution in [3.05, 3.63) is 23.9 Å². The summed E-state index contributed by atoms with van der Waals surface area (Å²) in [5.41, 5.74) is 5.22. The Balaban J connectivity index is 2.98. The molecular formula is C9H12AsNOS. The summed E-state index contributed by atoms with van der Waals surface area (Å²) in [6, 6.07) is 3.65. The Kier molecular flexibility index (Phi) is 4.01. The molecule has 0 saturated heterocycles. The van der Waals surface area contributed by atoms with Crippen molar-refractivity contribution < 1.29 is 4.79 Å². The number of rotatable bonds is 3. The van der Waals surface area contributed by atoms with E-state index in [0.29, 0.717) is 0 Å². The fourth-order valence-corrected chi connectivity index (χ4v) is 4.76. The van der Waals surface area contributed by atoms with E-state index in [-0.39, 0.29) is 5.78 Å². The molecule has 1 aromatic heterocycles. The van der Waals surface area contributed by atoms with Crippen molar-refractivity contribution in [3.8, 4) is 0 Å². The predicted octanol–water partition coefficient (Wildman–Crippen LogP) is 2.63. The molecule has 2 nitrogen and oxygen atoms in total. The van der Waals surface area contributed by atoms with Crippen molar-refractivity contribution in [1.82, 2.24) is 4.98 Å². The van der Waals surface area contributed by atoms with Crippen LogP contribution in [-0.2, 0) is 0 Å². The topological polar surface area (TPSA) is 30.0 Å². The van der Waals surface area contributed by atoms with E-state index >= 15 is 0 Å². The van der Waals surface area contributed by atoms with Gasteiger partial charge in [-0.15, -0.1) is 0 Å². The number of carbonyl (C=O) groups is 1. The Bertz CT molecular complexity index is 314. The van der Waals surface area contributed by atoms with E-state index in [4.69, 9.17) is 0 Å². The van der Waals surface area contributed by atoms with Gasteiger partial charge in [0.2, 0.25) is 0 Å². The van der Waals surface area contributed by atoms with Crippen molar-refractivity contribution in [1.29, 1.82) is 0 Å². The van der Waals surface area contributed by atoms with Crippen LogP contribution in [0.15, 0.2) is 23.4 Å². The molecule has 0 radical (unpaired) electrons. The Labute approximate surface area is 86.4 Å². The minimum atomic E-state index is -0.825. The molecule has 70 valence electrons. The molecule has 0 saturated carbocycles. The second kappa shape index (κ2) is 4.82. The van der Waals surface area contributed by atoms with Gasteiger partial charge in [0.25, 0.3) is 0 Å². The van der Waals surface area contributed by atoms with Gasteiger partial charge in [0, 0.05) is 0 Å². The fraction of sp³-hybridized carbons (Fsp3) is 0.333. The van der Waals surface area contributed by atoms with Crippen molar-refractivity contribution in [3.63, 3.8) is 0 Å². The summed E-state index contributed by atoms with van der Waals surface area (Å²) < 4.78 is 0. The molecule has 0 unspecified atom stereocenters. The molecule has 1 heterocycles. The summed E-state index contributed by atoms with van der Waals surface area (Å²) in [5.74, 6) is 0.103. The fourth-order valence-electron chi connectivity index (χ4n) is 0.904. The molecular weight excluding hydrogens is 245 g/mol. The maximum absolute atomic E-state index is 11.2. The molecule has 0 fully saturated rings. The van der Waals surface area contributed by atoms with E-state index in [9.17, 15) is 4.79 Å². The molecule has 1 aromatic rings. The van der Waals surface area contributed by atoms with Gasteiger partial charge in [-0.3, -0.25) is 0 Å². The number of aromatic nitrogens is 1. The molecule has 0 amide bonds. The molecule has 0 atom stereocenters. The van der Waals surface area contributed by atoms with E-state index in [0.717, 1.165) is 10.6 Å². The van der Waals surface area contributed by atoms with Gasteiger partial charge in [0.05, 0.1) is 0 Å². The molecule has 0 aromatic carbocycles. The van der Waals surface area contributed by atoms with Gasteiger partial charge in [-0.25, -0.2) is 0 Å². The van der Waals surface area contributed by atoms with Gasteiger partial charge >= 0.3 is 86.3 Å². The van der Waals surface area contributed by atoms with Crippen molar-refractivity contribution in [2.45, 2.75) is 23.4 Å². The number of Topliss-reactive ketones (excluding diaryl/α,β-unsaturated/α-hetero) is 1. The second-order valence-corrected chi connectivity index (χ2v) is 11.7. The van der Waals surface area contributed by atoms with Gasteiger partial charge in [0.1, 0.15) is 0 Å². The van der Waals surface area contributed by atoms with Crippen molar-refractivity contribution in [2.24, 2.45) is 0 Å². The normalized spacial score (nSPS) is 10.5. The quantitative estimate of drug-likeness (QED) is 0.616. The van der Waals surface area contributed by atoms with Crippen LogP contribution in [0.2, 0.25) is 11.4 Å². The van der Waals surface area contributed by atoms with Gasteiger partial charge in [-0.2, -0.15) is 0 Å². The van der Waals surface area contributed by atoms with Crippen LogP contribution in [-0.4, -0.2) is 24.3 Å². The zero-order chi connectivity index (χ0) is 9.84. The summed E-state index contributed by atoms with van der Waals surface area (Å²) in [6.07, 6.45) is 1.74. The summed E-state index contributed by atoms with van der Waals surface area (Å²) in [5, 5.41) is 0.903. The van der Waals surface area contributed by atoms with E-state index in [1.54, 1.807) is 23.1 Å². The van der Waals surface area contributed by atoms with Gasteiger partial charge < -0.3 is 0 Å². The first-order chi connectivity index (χ1) is 6.11. The zero-order valence-corrected chi connectivity index (χ0v) is 10.6. The molecule has 1 rings (SSSR count). The first kappa shape index (κ1) is 10.8. The zero-order valence-electron chi connectivity index (χ0n) is 7.94.